The minimum Gasteiger partial charge on any atom is -0.463 e. The van der Waals surface area contributed by atoms with E-state index >= 15 is 0 Å². The van der Waals surface area contributed by atoms with Crippen molar-refractivity contribution in [3.8, 4) is 0 Å². The molecule has 0 saturated carbocycles. The Bertz CT molecular complexity index is 447. The highest BCUT2D eigenvalue weighted by Crippen LogP contribution is 1.91. The zero-order valence-electron chi connectivity index (χ0n) is 23.0. The molecule has 37 heavy (non-hydrogen) atoms. The Labute approximate surface area is 222 Å². The highest BCUT2D eigenvalue weighted by Gasteiger charge is 2.00. The molecular formula is C25H51NO11. The lowest BCUT2D eigenvalue weighted by Gasteiger charge is -2.09. The highest BCUT2D eigenvalue weighted by molar-refractivity contribution is 5.69. The SMILES string of the molecule is CCCC(=O)OCCOCCOCCOCCOCCOCCOCCOCCOCCOCCNC. The molecule has 0 heterocycles. The molecule has 0 saturated heterocycles. The van der Waals surface area contributed by atoms with Gasteiger partial charge in [0.2, 0.25) is 0 Å². The summed E-state index contributed by atoms with van der Waals surface area (Å²) < 4.78 is 53.6. The predicted molar refractivity (Wildman–Crippen MR) is 137 cm³/mol. The molecule has 0 fully saturated rings. The van der Waals surface area contributed by atoms with Gasteiger partial charge in [0.15, 0.2) is 0 Å². The zero-order chi connectivity index (χ0) is 26.9. The number of esters is 1. The molecule has 222 valence electrons. The van der Waals surface area contributed by atoms with E-state index in [2.05, 4.69) is 5.32 Å². The van der Waals surface area contributed by atoms with E-state index in [4.69, 9.17) is 47.4 Å². The van der Waals surface area contributed by atoms with E-state index in [1.807, 2.05) is 14.0 Å². The first kappa shape index (κ1) is 36.1. The van der Waals surface area contributed by atoms with Gasteiger partial charge >= 0.3 is 5.97 Å². The Morgan fingerprint density at radius 1 is 0.459 bits per heavy atom. The van der Waals surface area contributed by atoms with E-state index in [0.29, 0.717) is 125 Å². The van der Waals surface area contributed by atoms with Crippen LogP contribution in [0.1, 0.15) is 19.8 Å². The molecule has 0 aliphatic carbocycles. The molecule has 0 rings (SSSR count). The molecule has 0 spiro atoms. The third-order valence-electron chi connectivity index (χ3n) is 4.42. The zero-order valence-corrected chi connectivity index (χ0v) is 23.0. The van der Waals surface area contributed by atoms with Crippen molar-refractivity contribution in [3.05, 3.63) is 0 Å². The Morgan fingerprint density at radius 2 is 0.730 bits per heavy atom. The van der Waals surface area contributed by atoms with Crippen LogP contribution in [0.25, 0.3) is 0 Å². The van der Waals surface area contributed by atoms with Gasteiger partial charge < -0.3 is 52.7 Å². The van der Waals surface area contributed by atoms with Crippen LogP contribution in [0.4, 0.5) is 0 Å². The van der Waals surface area contributed by atoms with Crippen molar-refractivity contribution in [2.75, 3.05) is 139 Å². The number of ether oxygens (including phenoxy) is 10. The van der Waals surface area contributed by atoms with Crippen molar-refractivity contribution >= 4 is 5.97 Å². The van der Waals surface area contributed by atoms with Crippen molar-refractivity contribution in [2.45, 2.75) is 19.8 Å². The molecule has 0 aromatic heterocycles. The van der Waals surface area contributed by atoms with Gasteiger partial charge in [-0.25, -0.2) is 0 Å². The van der Waals surface area contributed by atoms with Gasteiger partial charge in [-0.1, -0.05) is 6.92 Å². The van der Waals surface area contributed by atoms with Crippen LogP contribution in [-0.2, 0) is 52.2 Å². The second kappa shape index (κ2) is 33.1. The molecule has 12 heteroatoms. The van der Waals surface area contributed by atoms with Crippen LogP contribution in [-0.4, -0.2) is 145 Å². The summed E-state index contributed by atoms with van der Waals surface area (Å²) in [5.74, 6) is -0.185. The quantitative estimate of drug-likeness (QED) is 0.0953. The largest absolute Gasteiger partial charge is 0.463 e. The number of hydrogen-bond donors (Lipinski definition) is 1. The van der Waals surface area contributed by atoms with Crippen LogP contribution < -0.4 is 5.32 Å². The lowest BCUT2D eigenvalue weighted by atomic mass is 10.3. The molecular weight excluding hydrogens is 490 g/mol. The maximum atomic E-state index is 11.2. The van der Waals surface area contributed by atoms with Gasteiger partial charge in [-0.2, -0.15) is 0 Å². The second-order valence-corrected chi connectivity index (χ2v) is 7.59. The second-order valence-electron chi connectivity index (χ2n) is 7.59. The summed E-state index contributed by atoms with van der Waals surface area (Å²) in [6.07, 6.45) is 1.23. The van der Waals surface area contributed by atoms with Gasteiger partial charge in [0.25, 0.3) is 0 Å². The average molecular weight is 542 g/mol. The van der Waals surface area contributed by atoms with Crippen molar-refractivity contribution < 1.29 is 52.2 Å². The number of likely N-dealkylation sites (N-methyl/N-ethyl adjacent to an activating group) is 1. The minimum absolute atomic E-state index is 0.185. The molecule has 0 radical (unpaired) electrons. The lowest BCUT2D eigenvalue weighted by molar-refractivity contribution is -0.145. The van der Waals surface area contributed by atoms with Crippen molar-refractivity contribution in [2.24, 2.45) is 0 Å². The third-order valence-corrected chi connectivity index (χ3v) is 4.42. The van der Waals surface area contributed by atoms with Gasteiger partial charge in [-0.05, 0) is 13.5 Å². The molecule has 0 amide bonds. The number of rotatable bonds is 32. The highest BCUT2D eigenvalue weighted by atomic mass is 16.6. The molecule has 0 aromatic rings. The molecule has 0 atom stereocenters. The lowest BCUT2D eigenvalue weighted by Crippen LogP contribution is -2.17. The fraction of sp³-hybridized carbons (Fsp3) is 0.960. The van der Waals surface area contributed by atoms with Crippen LogP contribution in [0.2, 0.25) is 0 Å². The fourth-order valence-electron chi connectivity index (χ4n) is 2.53. The molecule has 12 nitrogen and oxygen atoms in total. The maximum absolute atomic E-state index is 11.2. The van der Waals surface area contributed by atoms with Gasteiger partial charge in [0, 0.05) is 13.0 Å². The normalized spacial score (nSPS) is 11.3. The van der Waals surface area contributed by atoms with Crippen LogP contribution in [0.5, 0.6) is 0 Å². The molecule has 0 unspecified atom stereocenters. The molecule has 0 aliphatic heterocycles. The van der Waals surface area contributed by atoms with E-state index in [-0.39, 0.29) is 12.6 Å². The maximum Gasteiger partial charge on any atom is 0.305 e. The molecule has 0 aliphatic rings. The Kier molecular flexibility index (Phi) is 32.3. The fourth-order valence-corrected chi connectivity index (χ4v) is 2.53. The van der Waals surface area contributed by atoms with Gasteiger partial charge in [0.1, 0.15) is 6.61 Å². The first-order chi connectivity index (χ1) is 18.3. The number of carbonyl (C=O) groups excluding carboxylic acids is 1. The van der Waals surface area contributed by atoms with Crippen LogP contribution in [0.3, 0.4) is 0 Å². The topological polar surface area (TPSA) is 121 Å². The minimum atomic E-state index is -0.185. The summed E-state index contributed by atoms with van der Waals surface area (Å²) in [4.78, 5) is 11.2. The monoisotopic (exact) mass is 541 g/mol. The van der Waals surface area contributed by atoms with Crippen molar-refractivity contribution in [3.63, 3.8) is 0 Å². The Hall–Kier alpha value is -0.930. The smallest absolute Gasteiger partial charge is 0.305 e. The van der Waals surface area contributed by atoms with E-state index in [1.54, 1.807) is 0 Å². The van der Waals surface area contributed by atoms with Gasteiger partial charge in [0.05, 0.1) is 119 Å². The number of carbonyl (C=O) groups is 1. The standard InChI is InChI=1S/C25H51NO11/c1-3-4-25(27)37-24-23-36-22-21-35-20-19-34-18-17-33-16-15-32-14-13-31-12-11-30-10-9-29-8-7-28-6-5-26-2/h26H,3-24H2,1-2H3. The van der Waals surface area contributed by atoms with Gasteiger partial charge in [-0.3, -0.25) is 4.79 Å². The van der Waals surface area contributed by atoms with Crippen LogP contribution in [0, 0.1) is 0 Å². The van der Waals surface area contributed by atoms with Crippen LogP contribution >= 0.6 is 0 Å². The predicted octanol–water partition coefficient (Wildman–Crippen LogP) is 0.699. The molecule has 1 N–H and O–H groups in total. The average Bonchev–Trinajstić information content (AvgIpc) is 2.90. The third kappa shape index (κ3) is 33.0. The molecule has 0 aromatic carbocycles. The summed E-state index contributed by atoms with van der Waals surface area (Å²) in [6, 6.07) is 0. The summed E-state index contributed by atoms with van der Waals surface area (Å²) in [5, 5.41) is 3.01. The van der Waals surface area contributed by atoms with E-state index in [0.717, 1.165) is 13.0 Å². The number of hydrogen-bond acceptors (Lipinski definition) is 12. The summed E-state index contributed by atoms with van der Waals surface area (Å²) in [6.45, 7) is 12.4. The van der Waals surface area contributed by atoms with Crippen LogP contribution in [0.15, 0.2) is 0 Å². The first-order valence-electron chi connectivity index (χ1n) is 13.3. The Morgan fingerprint density at radius 3 is 1.00 bits per heavy atom. The van der Waals surface area contributed by atoms with E-state index < -0.39 is 0 Å². The first-order valence-corrected chi connectivity index (χ1v) is 13.3. The Balaban J connectivity index is 3.04. The van der Waals surface area contributed by atoms with E-state index in [1.165, 1.54) is 0 Å². The summed E-state index contributed by atoms with van der Waals surface area (Å²) >= 11 is 0. The molecule has 0 bridgehead atoms. The van der Waals surface area contributed by atoms with E-state index in [9.17, 15) is 4.79 Å². The van der Waals surface area contributed by atoms with Gasteiger partial charge in [-0.15, -0.1) is 0 Å². The van der Waals surface area contributed by atoms with Crippen molar-refractivity contribution in [1.29, 1.82) is 0 Å². The summed E-state index contributed by atoms with van der Waals surface area (Å²) in [5.41, 5.74) is 0. The number of nitrogens with one attached hydrogen (secondary N) is 1. The summed E-state index contributed by atoms with van der Waals surface area (Å²) in [7, 11) is 1.89. The van der Waals surface area contributed by atoms with Crippen molar-refractivity contribution in [1.82, 2.24) is 5.32 Å².